The first kappa shape index (κ1) is 16.4. The van der Waals surface area contributed by atoms with E-state index in [1.54, 1.807) is 0 Å². The van der Waals surface area contributed by atoms with Crippen molar-refractivity contribution in [1.82, 2.24) is 15.1 Å². The van der Waals surface area contributed by atoms with Gasteiger partial charge in [-0.1, -0.05) is 6.92 Å². The summed E-state index contributed by atoms with van der Waals surface area (Å²) in [7, 11) is 4.13. The maximum Gasteiger partial charge on any atom is 0.229 e. The highest BCUT2D eigenvalue weighted by atomic mass is 16.2. The van der Waals surface area contributed by atoms with Gasteiger partial charge in [0.15, 0.2) is 0 Å². The van der Waals surface area contributed by atoms with E-state index in [1.807, 2.05) is 0 Å². The SMILES string of the molecule is CCN(C(=O)C1(CC)CCNCC1)C(C)CN(C)C. The Kier molecular flexibility index (Phi) is 6.27. The van der Waals surface area contributed by atoms with Crippen LogP contribution in [0.3, 0.4) is 0 Å². The highest BCUT2D eigenvalue weighted by Gasteiger charge is 2.41. The highest BCUT2D eigenvalue weighted by Crippen LogP contribution is 2.35. The molecule has 1 heterocycles. The molecule has 0 aromatic rings. The van der Waals surface area contributed by atoms with Crippen LogP contribution in [0.1, 0.15) is 40.0 Å². The topological polar surface area (TPSA) is 35.6 Å². The number of nitrogens with one attached hydrogen (secondary N) is 1. The van der Waals surface area contributed by atoms with E-state index in [-0.39, 0.29) is 11.5 Å². The third-order valence-electron chi connectivity index (χ3n) is 4.45. The molecule has 112 valence electrons. The molecule has 1 amide bonds. The number of hydrogen-bond acceptors (Lipinski definition) is 3. The lowest BCUT2D eigenvalue weighted by atomic mass is 9.75. The third-order valence-corrected chi connectivity index (χ3v) is 4.45. The molecule has 0 aromatic heterocycles. The average Bonchev–Trinajstić information content (AvgIpc) is 2.39. The van der Waals surface area contributed by atoms with Crippen molar-refractivity contribution in [3.05, 3.63) is 0 Å². The number of rotatable bonds is 6. The molecule has 0 spiro atoms. The predicted octanol–water partition coefficient (Wildman–Crippen LogP) is 1.56. The fourth-order valence-corrected chi connectivity index (χ4v) is 3.21. The van der Waals surface area contributed by atoms with Crippen LogP contribution >= 0.6 is 0 Å². The highest BCUT2D eigenvalue weighted by molar-refractivity contribution is 5.83. The lowest BCUT2D eigenvalue weighted by Crippen LogP contribution is -2.53. The lowest BCUT2D eigenvalue weighted by Gasteiger charge is -2.42. The second-order valence-electron chi connectivity index (χ2n) is 6.09. The minimum absolute atomic E-state index is 0.123. The monoisotopic (exact) mass is 269 g/mol. The molecule has 1 fully saturated rings. The molecule has 1 aliphatic heterocycles. The van der Waals surface area contributed by atoms with Crippen molar-refractivity contribution >= 4 is 5.91 Å². The Bertz CT molecular complexity index is 285. The number of carbonyl (C=O) groups is 1. The van der Waals surface area contributed by atoms with Gasteiger partial charge in [0, 0.05) is 19.1 Å². The van der Waals surface area contributed by atoms with E-state index in [4.69, 9.17) is 0 Å². The molecule has 0 bridgehead atoms. The van der Waals surface area contributed by atoms with Crippen LogP contribution in [0.4, 0.5) is 0 Å². The Morgan fingerprint density at radius 3 is 2.26 bits per heavy atom. The van der Waals surface area contributed by atoms with Crippen molar-refractivity contribution in [2.24, 2.45) is 5.41 Å². The number of likely N-dealkylation sites (N-methyl/N-ethyl adjacent to an activating group) is 2. The molecule has 0 aliphatic carbocycles. The van der Waals surface area contributed by atoms with Gasteiger partial charge < -0.3 is 15.1 Å². The molecule has 19 heavy (non-hydrogen) atoms. The zero-order chi connectivity index (χ0) is 14.5. The Morgan fingerprint density at radius 1 is 1.26 bits per heavy atom. The van der Waals surface area contributed by atoms with Gasteiger partial charge in [-0.15, -0.1) is 0 Å². The van der Waals surface area contributed by atoms with Crippen LogP contribution in [-0.2, 0) is 4.79 Å². The number of carbonyl (C=O) groups excluding carboxylic acids is 1. The summed E-state index contributed by atoms with van der Waals surface area (Å²) >= 11 is 0. The second kappa shape index (κ2) is 7.25. The Hall–Kier alpha value is -0.610. The maximum atomic E-state index is 13.0. The van der Waals surface area contributed by atoms with Crippen LogP contribution in [-0.4, -0.2) is 62.0 Å². The molecule has 4 nitrogen and oxygen atoms in total. The van der Waals surface area contributed by atoms with Crippen molar-refractivity contribution in [2.45, 2.75) is 46.1 Å². The minimum Gasteiger partial charge on any atom is -0.339 e. The van der Waals surface area contributed by atoms with Gasteiger partial charge in [0.1, 0.15) is 0 Å². The molecule has 0 aromatic carbocycles. The number of nitrogens with zero attached hydrogens (tertiary/aromatic N) is 2. The summed E-state index contributed by atoms with van der Waals surface area (Å²) in [5, 5.41) is 3.37. The van der Waals surface area contributed by atoms with E-state index in [1.165, 1.54) is 0 Å². The van der Waals surface area contributed by atoms with Crippen LogP contribution in [0, 0.1) is 5.41 Å². The van der Waals surface area contributed by atoms with E-state index >= 15 is 0 Å². The van der Waals surface area contributed by atoms with E-state index in [0.29, 0.717) is 5.91 Å². The smallest absolute Gasteiger partial charge is 0.229 e. The van der Waals surface area contributed by atoms with Crippen molar-refractivity contribution < 1.29 is 4.79 Å². The summed E-state index contributed by atoms with van der Waals surface area (Å²) in [6.45, 7) is 10.1. The summed E-state index contributed by atoms with van der Waals surface area (Å²) < 4.78 is 0. The number of hydrogen-bond donors (Lipinski definition) is 1. The Labute approximate surface area is 118 Å². The summed E-state index contributed by atoms with van der Waals surface area (Å²) in [4.78, 5) is 17.2. The second-order valence-corrected chi connectivity index (χ2v) is 6.09. The standard InChI is InChI=1S/C15H31N3O/c1-6-15(8-10-16-11-9-15)14(19)18(7-2)13(3)12-17(4)5/h13,16H,6-12H2,1-5H3. The van der Waals surface area contributed by atoms with Gasteiger partial charge in [-0.25, -0.2) is 0 Å². The first-order valence-corrected chi connectivity index (χ1v) is 7.63. The first-order chi connectivity index (χ1) is 8.96. The van der Waals surface area contributed by atoms with Crippen molar-refractivity contribution in [3.63, 3.8) is 0 Å². The predicted molar refractivity (Wildman–Crippen MR) is 80.2 cm³/mol. The Balaban J connectivity index is 2.80. The van der Waals surface area contributed by atoms with Crippen LogP contribution < -0.4 is 5.32 Å². The van der Waals surface area contributed by atoms with Crippen LogP contribution in [0.15, 0.2) is 0 Å². The van der Waals surface area contributed by atoms with Gasteiger partial charge >= 0.3 is 0 Å². The number of piperidine rings is 1. The molecule has 1 unspecified atom stereocenters. The summed E-state index contributed by atoms with van der Waals surface area (Å²) in [5.74, 6) is 0.369. The van der Waals surface area contributed by atoms with E-state index in [9.17, 15) is 4.79 Å². The normalized spacial score (nSPS) is 20.3. The van der Waals surface area contributed by atoms with Gasteiger partial charge in [0.25, 0.3) is 0 Å². The molecule has 0 saturated carbocycles. The van der Waals surface area contributed by atoms with Gasteiger partial charge in [0.05, 0.1) is 5.41 Å². The third kappa shape index (κ3) is 3.93. The average molecular weight is 269 g/mol. The molecular formula is C15H31N3O. The maximum absolute atomic E-state index is 13.0. The van der Waals surface area contributed by atoms with E-state index in [2.05, 4.69) is 50.0 Å². The van der Waals surface area contributed by atoms with Crippen molar-refractivity contribution in [2.75, 3.05) is 40.3 Å². The zero-order valence-corrected chi connectivity index (χ0v) is 13.3. The quantitative estimate of drug-likeness (QED) is 0.795. The van der Waals surface area contributed by atoms with Crippen LogP contribution in [0.25, 0.3) is 0 Å². The summed E-state index contributed by atoms with van der Waals surface area (Å²) in [5.41, 5.74) is -0.123. The molecular weight excluding hydrogens is 238 g/mol. The molecule has 4 heteroatoms. The zero-order valence-electron chi connectivity index (χ0n) is 13.3. The largest absolute Gasteiger partial charge is 0.339 e. The van der Waals surface area contributed by atoms with Crippen LogP contribution in [0.2, 0.25) is 0 Å². The summed E-state index contributed by atoms with van der Waals surface area (Å²) in [6, 6.07) is 0.283. The fraction of sp³-hybridized carbons (Fsp3) is 0.933. The molecule has 1 N–H and O–H groups in total. The molecule has 1 aliphatic rings. The number of amides is 1. The molecule has 1 rings (SSSR count). The van der Waals surface area contributed by atoms with E-state index < -0.39 is 0 Å². The molecule has 1 atom stereocenters. The minimum atomic E-state index is -0.123. The lowest BCUT2D eigenvalue weighted by molar-refractivity contribution is -0.146. The first-order valence-electron chi connectivity index (χ1n) is 7.63. The molecule has 1 saturated heterocycles. The molecule has 0 radical (unpaired) electrons. The Morgan fingerprint density at radius 2 is 1.84 bits per heavy atom. The van der Waals surface area contributed by atoms with Gasteiger partial charge in [-0.3, -0.25) is 4.79 Å². The fourth-order valence-electron chi connectivity index (χ4n) is 3.21. The van der Waals surface area contributed by atoms with Crippen molar-refractivity contribution in [3.8, 4) is 0 Å². The van der Waals surface area contributed by atoms with Gasteiger partial charge in [-0.05, 0) is 60.3 Å². The van der Waals surface area contributed by atoms with Crippen molar-refractivity contribution in [1.29, 1.82) is 0 Å². The van der Waals surface area contributed by atoms with Gasteiger partial charge in [0.2, 0.25) is 5.91 Å². The van der Waals surface area contributed by atoms with Crippen LogP contribution in [0.5, 0.6) is 0 Å². The van der Waals surface area contributed by atoms with Gasteiger partial charge in [-0.2, -0.15) is 0 Å². The van der Waals surface area contributed by atoms with E-state index in [0.717, 1.165) is 45.4 Å². The summed E-state index contributed by atoms with van der Waals surface area (Å²) in [6.07, 6.45) is 2.92.